The van der Waals surface area contributed by atoms with Crippen LogP contribution in [0.2, 0.25) is 0 Å². The normalized spacial score (nSPS) is 10.5. The van der Waals surface area contributed by atoms with Crippen LogP contribution in [0.5, 0.6) is 0 Å². The van der Waals surface area contributed by atoms with Gasteiger partial charge in [0.25, 0.3) is 0 Å². The maximum atomic E-state index is 8.80. The molecule has 0 amide bonds. The van der Waals surface area contributed by atoms with Crippen molar-refractivity contribution in [3.05, 3.63) is 70.3 Å². The highest BCUT2D eigenvalue weighted by atomic mass is 79.9. The van der Waals surface area contributed by atoms with Gasteiger partial charge in [-0.1, -0.05) is 34.1 Å². The Bertz CT molecular complexity index is 764. The maximum absolute atomic E-state index is 8.80. The van der Waals surface area contributed by atoms with Gasteiger partial charge in [0.1, 0.15) is 0 Å². The van der Waals surface area contributed by atoms with Crippen molar-refractivity contribution in [3.8, 4) is 6.07 Å². The van der Waals surface area contributed by atoms with Crippen LogP contribution in [0.3, 0.4) is 0 Å². The summed E-state index contributed by atoms with van der Waals surface area (Å²) in [6.07, 6.45) is 2.09. The lowest BCUT2D eigenvalue weighted by Crippen LogP contribution is -1.97. The number of hydrogen-bond donors (Lipinski definition) is 0. The Morgan fingerprint density at radius 2 is 1.84 bits per heavy atom. The van der Waals surface area contributed by atoms with E-state index in [0.717, 1.165) is 11.0 Å². The summed E-state index contributed by atoms with van der Waals surface area (Å²) in [5.41, 5.74) is 3.10. The summed E-state index contributed by atoms with van der Waals surface area (Å²) in [6, 6.07) is 18.2. The average Bonchev–Trinajstić information content (AvgIpc) is 2.84. The molecule has 0 fully saturated rings. The highest BCUT2D eigenvalue weighted by Crippen LogP contribution is 2.25. The second-order valence-corrected chi connectivity index (χ2v) is 5.28. The van der Waals surface area contributed by atoms with Crippen LogP contribution < -0.4 is 0 Å². The minimum atomic E-state index is 0.698. The molecule has 0 unspecified atom stereocenters. The van der Waals surface area contributed by atoms with Gasteiger partial charge in [0.05, 0.1) is 11.6 Å². The summed E-state index contributed by atoms with van der Waals surface area (Å²) in [5.74, 6) is 0. The Kier molecular flexibility index (Phi) is 3.10. The van der Waals surface area contributed by atoms with E-state index in [9.17, 15) is 0 Å². The molecule has 1 heterocycles. The number of hydrogen-bond acceptors (Lipinski definition) is 1. The minimum Gasteiger partial charge on any atom is -0.343 e. The SMILES string of the molecule is N#Cc1ccc(Cn2ccc3c(Br)cccc32)cc1. The molecule has 1 aromatic heterocycles. The average molecular weight is 311 g/mol. The summed E-state index contributed by atoms with van der Waals surface area (Å²) in [4.78, 5) is 0. The Hall–Kier alpha value is -2.05. The van der Waals surface area contributed by atoms with Gasteiger partial charge >= 0.3 is 0 Å². The van der Waals surface area contributed by atoms with E-state index in [1.807, 2.05) is 36.4 Å². The third-order valence-electron chi connectivity index (χ3n) is 3.20. The second-order valence-electron chi connectivity index (χ2n) is 4.43. The molecule has 0 aliphatic rings. The lowest BCUT2D eigenvalue weighted by atomic mass is 10.1. The summed E-state index contributed by atoms with van der Waals surface area (Å²) < 4.78 is 3.32. The van der Waals surface area contributed by atoms with Gasteiger partial charge in [-0.05, 0) is 35.9 Å². The topological polar surface area (TPSA) is 28.7 Å². The third kappa shape index (κ3) is 2.27. The number of benzene rings is 2. The Morgan fingerprint density at radius 3 is 2.58 bits per heavy atom. The van der Waals surface area contributed by atoms with Gasteiger partial charge in [0.15, 0.2) is 0 Å². The number of halogens is 1. The van der Waals surface area contributed by atoms with Crippen LogP contribution in [-0.4, -0.2) is 4.57 Å². The van der Waals surface area contributed by atoms with Gasteiger partial charge in [0.2, 0.25) is 0 Å². The first-order valence-electron chi connectivity index (χ1n) is 6.00. The van der Waals surface area contributed by atoms with Crippen LogP contribution >= 0.6 is 15.9 Å². The van der Waals surface area contributed by atoms with E-state index in [0.29, 0.717) is 5.56 Å². The molecule has 92 valence electrons. The smallest absolute Gasteiger partial charge is 0.0991 e. The van der Waals surface area contributed by atoms with Crippen LogP contribution in [0.1, 0.15) is 11.1 Å². The van der Waals surface area contributed by atoms with E-state index < -0.39 is 0 Å². The summed E-state index contributed by atoms with van der Waals surface area (Å²) in [6.45, 7) is 0.811. The molecule has 3 heteroatoms. The highest BCUT2D eigenvalue weighted by molar-refractivity contribution is 9.10. The van der Waals surface area contributed by atoms with Crippen LogP contribution in [0.4, 0.5) is 0 Å². The van der Waals surface area contributed by atoms with Crippen molar-refractivity contribution in [2.24, 2.45) is 0 Å². The molecule has 2 nitrogen and oxygen atoms in total. The molecular formula is C16H11BrN2. The predicted molar refractivity (Wildman–Crippen MR) is 79.9 cm³/mol. The van der Waals surface area contributed by atoms with Gasteiger partial charge < -0.3 is 4.57 Å². The van der Waals surface area contributed by atoms with E-state index in [2.05, 4.69) is 44.9 Å². The molecule has 0 saturated heterocycles. The Balaban J connectivity index is 1.97. The zero-order valence-corrected chi connectivity index (χ0v) is 11.8. The van der Waals surface area contributed by atoms with Gasteiger partial charge in [-0.2, -0.15) is 5.26 Å². The van der Waals surface area contributed by atoms with Crippen LogP contribution in [-0.2, 0) is 6.54 Å². The first kappa shape index (κ1) is 12.0. The summed E-state index contributed by atoms with van der Waals surface area (Å²) in [5, 5.41) is 10.0. The van der Waals surface area contributed by atoms with E-state index >= 15 is 0 Å². The lowest BCUT2D eigenvalue weighted by molar-refractivity contribution is 0.837. The second kappa shape index (κ2) is 4.91. The van der Waals surface area contributed by atoms with Crippen molar-refractivity contribution in [1.29, 1.82) is 5.26 Å². The molecule has 0 bridgehead atoms. The zero-order chi connectivity index (χ0) is 13.2. The quantitative estimate of drug-likeness (QED) is 0.693. The molecule has 0 aliphatic heterocycles. The first-order chi connectivity index (χ1) is 9.28. The molecule has 2 aromatic carbocycles. The molecule has 0 spiro atoms. The van der Waals surface area contributed by atoms with Crippen LogP contribution in [0, 0.1) is 11.3 Å². The number of aromatic nitrogens is 1. The number of nitrogens with zero attached hydrogens (tertiary/aromatic N) is 2. The van der Waals surface area contributed by atoms with Crippen molar-refractivity contribution in [3.63, 3.8) is 0 Å². The standard InChI is InChI=1S/C16H11BrN2/c17-15-2-1-3-16-14(15)8-9-19(16)11-13-6-4-12(10-18)5-7-13/h1-9H,11H2. The predicted octanol–water partition coefficient (Wildman–Crippen LogP) is 4.32. The molecule has 19 heavy (non-hydrogen) atoms. The van der Waals surface area contributed by atoms with Crippen molar-refractivity contribution < 1.29 is 0 Å². The van der Waals surface area contributed by atoms with Crippen molar-refractivity contribution in [1.82, 2.24) is 4.57 Å². The van der Waals surface area contributed by atoms with Crippen LogP contribution in [0.15, 0.2) is 59.2 Å². The molecule has 3 aromatic rings. The van der Waals surface area contributed by atoms with Crippen molar-refractivity contribution in [2.45, 2.75) is 6.54 Å². The molecule has 0 N–H and O–H groups in total. The number of nitriles is 1. The number of fused-ring (bicyclic) bond motifs is 1. The van der Waals surface area contributed by atoms with Gasteiger partial charge in [-0.3, -0.25) is 0 Å². The molecule has 3 rings (SSSR count). The monoisotopic (exact) mass is 310 g/mol. The zero-order valence-electron chi connectivity index (χ0n) is 10.2. The van der Waals surface area contributed by atoms with E-state index in [4.69, 9.17) is 5.26 Å². The van der Waals surface area contributed by atoms with Gasteiger partial charge in [-0.25, -0.2) is 0 Å². The fraction of sp³-hybridized carbons (Fsp3) is 0.0625. The molecule has 0 radical (unpaired) electrons. The molecule has 0 aliphatic carbocycles. The van der Waals surface area contributed by atoms with E-state index in [1.165, 1.54) is 16.5 Å². The number of rotatable bonds is 2. The fourth-order valence-electron chi connectivity index (χ4n) is 2.21. The molecular weight excluding hydrogens is 300 g/mol. The summed E-state index contributed by atoms with van der Waals surface area (Å²) >= 11 is 3.57. The van der Waals surface area contributed by atoms with Crippen molar-refractivity contribution >= 4 is 26.8 Å². The Morgan fingerprint density at radius 1 is 1.05 bits per heavy atom. The van der Waals surface area contributed by atoms with Gasteiger partial charge in [-0.15, -0.1) is 0 Å². The third-order valence-corrected chi connectivity index (χ3v) is 3.89. The minimum absolute atomic E-state index is 0.698. The summed E-state index contributed by atoms with van der Waals surface area (Å²) in [7, 11) is 0. The maximum Gasteiger partial charge on any atom is 0.0991 e. The first-order valence-corrected chi connectivity index (χ1v) is 6.79. The highest BCUT2D eigenvalue weighted by Gasteiger charge is 2.04. The lowest BCUT2D eigenvalue weighted by Gasteiger charge is -2.06. The van der Waals surface area contributed by atoms with Gasteiger partial charge in [0, 0.05) is 28.1 Å². The Labute approximate surface area is 120 Å². The molecule has 0 atom stereocenters. The van der Waals surface area contributed by atoms with E-state index in [-0.39, 0.29) is 0 Å². The van der Waals surface area contributed by atoms with Crippen LogP contribution in [0.25, 0.3) is 10.9 Å². The molecule has 0 saturated carbocycles. The van der Waals surface area contributed by atoms with Crippen molar-refractivity contribution in [2.75, 3.05) is 0 Å². The fourth-order valence-corrected chi connectivity index (χ4v) is 2.69. The van der Waals surface area contributed by atoms with E-state index in [1.54, 1.807) is 0 Å². The largest absolute Gasteiger partial charge is 0.343 e.